The van der Waals surface area contributed by atoms with Crippen LogP contribution in [0.2, 0.25) is 0 Å². The van der Waals surface area contributed by atoms with Crippen molar-refractivity contribution in [3.63, 3.8) is 0 Å². The molecule has 13 heavy (non-hydrogen) atoms. The van der Waals surface area contributed by atoms with Crippen LogP contribution in [0.25, 0.3) is 0 Å². The maximum absolute atomic E-state index is 4.96. The monoisotopic (exact) mass is 183 g/mol. The van der Waals surface area contributed by atoms with Crippen LogP contribution in [0.15, 0.2) is 29.4 Å². The molecule has 0 fully saturated rings. The summed E-state index contributed by atoms with van der Waals surface area (Å²) in [6, 6.07) is 0. The normalized spacial score (nSPS) is 15.3. The first-order chi connectivity index (χ1) is 6.43. The second-order valence-electron chi connectivity index (χ2n) is 1.72. The smallest absolute Gasteiger partial charge is 0.0656 e. The van der Waals surface area contributed by atoms with Gasteiger partial charge in [-0.3, -0.25) is 0 Å². The van der Waals surface area contributed by atoms with Crippen LogP contribution in [0.4, 0.5) is 0 Å². The number of nitrogens with two attached hydrogens (primary N) is 1. The van der Waals surface area contributed by atoms with Crippen LogP contribution in [0.3, 0.4) is 0 Å². The molecule has 0 aliphatic heterocycles. The van der Waals surface area contributed by atoms with Crippen molar-refractivity contribution < 1.29 is 0 Å². The van der Waals surface area contributed by atoms with Crippen molar-refractivity contribution in [2.24, 2.45) is 10.9 Å². The molecule has 0 spiro atoms. The van der Waals surface area contributed by atoms with Gasteiger partial charge < -0.3 is 0 Å². The minimum absolute atomic E-state index is 0.862. The molecule has 0 bridgehead atoms. The van der Waals surface area contributed by atoms with Crippen LogP contribution in [0, 0.1) is 0 Å². The van der Waals surface area contributed by atoms with Gasteiger partial charge in [-0.25, -0.2) is 11.4 Å². The Morgan fingerprint density at radius 3 is 2.23 bits per heavy atom. The van der Waals surface area contributed by atoms with Gasteiger partial charge in [0.05, 0.1) is 5.71 Å². The van der Waals surface area contributed by atoms with Crippen LogP contribution in [-0.2, 0) is 0 Å². The zero-order chi connectivity index (χ0) is 10.5. The van der Waals surface area contributed by atoms with Crippen LogP contribution < -0.4 is 11.4 Å². The molecule has 1 aliphatic rings. The molecule has 3 nitrogen and oxygen atoms in total. The van der Waals surface area contributed by atoms with Gasteiger partial charge >= 0.3 is 0 Å². The maximum Gasteiger partial charge on any atom is 0.0656 e. The summed E-state index contributed by atoms with van der Waals surface area (Å²) < 4.78 is 0. The zero-order valence-corrected chi connectivity index (χ0v) is 9.04. The molecule has 1 rings (SSSR count). The fourth-order valence-electron chi connectivity index (χ4n) is 0.668. The first kappa shape index (κ1) is 14.4. The molecule has 0 aromatic heterocycles. The summed E-state index contributed by atoms with van der Waals surface area (Å²) in [5, 5.41) is 3.79. The van der Waals surface area contributed by atoms with E-state index in [0.717, 1.165) is 12.1 Å². The van der Waals surface area contributed by atoms with E-state index in [-0.39, 0.29) is 0 Å². The quantitative estimate of drug-likeness (QED) is 0.484. The molecule has 0 aromatic carbocycles. The lowest BCUT2D eigenvalue weighted by Gasteiger charge is -1.98. The van der Waals surface area contributed by atoms with Gasteiger partial charge in [0.1, 0.15) is 0 Å². The summed E-state index contributed by atoms with van der Waals surface area (Å²) in [7, 11) is 0. The van der Waals surface area contributed by atoms with E-state index in [2.05, 4.69) is 10.6 Å². The third-order valence-electron chi connectivity index (χ3n) is 1.07. The van der Waals surface area contributed by atoms with Gasteiger partial charge in [0.2, 0.25) is 0 Å². The highest BCUT2D eigenvalue weighted by Gasteiger charge is 1.92. The van der Waals surface area contributed by atoms with Crippen LogP contribution in [-0.4, -0.2) is 5.71 Å². The third-order valence-corrected chi connectivity index (χ3v) is 1.07. The summed E-state index contributed by atoms with van der Waals surface area (Å²) in [6.07, 6.45) is 8.71. The number of rotatable bonds is 1. The lowest BCUT2D eigenvalue weighted by molar-refractivity contribution is 0.803. The molecule has 0 heterocycles. The summed E-state index contributed by atoms with van der Waals surface area (Å²) in [5.41, 5.74) is 3.20. The number of nitrogens with zero attached hydrogens (tertiary/aromatic N) is 1. The Balaban J connectivity index is 0. The Morgan fingerprint density at radius 1 is 1.23 bits per heavy atom. The van der Waals surface area contributed by atoms with Crippen LogP contribution in [0.1, 0.15) is 34.1 Å². The molecule has 3 heteroatoms. The highest BCUT2D eigenvalue weighted by Crippen LogP contribution is 1.97. The molecule has 0 saturated heterocycles. The topological polar surface area (TPSA) is 50.4 Å². The summed E-state index contributed by atoms with van der Waals surface area (Å²) in [5.74, 6) is 4.96. The third kappa shape index (κ3) is 8.82. The maximum atomic E-state index is 4.96. The van der Waals surface area contributed by atoms with Crippen molar-refractivity contribution in [2.45, 2.75) is 34.1 Å². The SMILES string of the molecule is CC.CC.NN/N=C1/C=CC=CC1. The van der Waals surface area contributed by atoms with E-state index in [1.807, 2.05) is 52.0 Å². The Bertz CT molecular complexity index is 169. The van der Waals surface area contributed by atoms with Crippen molar-refractivity contribution in [3.8, 4) is 0 Å². The lowest BCUT2D eigenvalue weighted by Crippen LogP contribution is -2.16. The van der Waals surface area contributed by atoms with E-state index in [9.17, 15) is 0 Å². The van der Waals surface area contributed by atoms with Crippen molar-refractivity contribution >= 4 is 5.71 Å². The minimum atomic E-state index is 0.862. The molecule has 0 atom stereocenters. The van der Waals surface area contributed by atoms with Crippen LogP contribution >= 0.6 is 0 Å². The van der Waals surface area contributed by atoms with E-state index < -0.39 is 0 Å². The number of hydrogen-bond acceptors (Lipinski definition) is 3. The number of hydrazone groups is 1. The van der Waals surface area contributed by atoms with Crippen molar-refractivity contribution in [1.29, 1.82) is 0 Å². The molecule has 0 aromatic rings. The standard InChI is InChI=1S/C6H9N3.2C2H6/c7-9-8-6-4-2-1-3-5-6;2*1-2/h1-4,9H,5,7H2;2*1-2H3/b8-6-;;. The number of nitrogens with one attached hydrogen (secondary N) is 1. The number of hydrazine groups is 1. The highest BCUT2D eigenvalue weighted by molar-refractivity contribution is 5.96. The van der Waals surface area contributed by atoms with Crippen molar-refractivity contribution in [1.82, 2.24) is 5.53 Å². The van der Waals surface area contributed by atoms with E-state index in [0.29, 0.717) is 0 Å². The van der Waals surface area contributed by atoms with Gasteiger partial charge in [-0.05, 0) is 6.08 Å². The molecule has 0 saturated carbocycles. The van der Waals surface area contributed by atoms with Gasteiger partial charge in [-0.2, -0.15) is 5.10 Å². The van der Waals surface area contributed by atoms with E-state index in [1.54, 1.807) is 0 Å². The molecular weight excluding hydrogens is 162 g/mol. The number of allylic oxidation sites excluding steroid dienone is 4. The molecule has 0 unspecified atom stereocenters. The lowest BCUT2D eigenvalue weighted by atomic mass is 10.2. The Labute approximate surface area is 81.4 Å². The summed E-state index contributed by atoms with van der Waals surface area (Å²) in [4.78, 5) is 0. The Kier molecular flexibility index (Phi) is 15.0. The van der Waals surface area contributed by atoms with Gasteiger partial charge in [-0.1, -0.05) is 45.9 Å². The summed E-state index contributed by atoms with van der Waals surface area (Å²) >= 11 is 0. The van der Waals surface area contributed by atoms with E-state index in [1.165, 1.54) is 0 Å². The summed E-state index contributed by atoms with van der Waals surface area (Å²) in [6.45, 7) is 8.00. The van der Waals surface area contributed by atoms with Gasteiger partial charge in [0.15, 0.2) is 0 Å². The average Bonchev–Trinajstić information content (AvgIpc) is 2.26. The minimum Gasteiger partial charge on any atom is -0.245 e. The molecule has 3 N–H and O–H groups in total. The van der Waals surface area contributed by atoms with Crippen LogP contribution in [0.5, 0.6) is 0 Å². The largest absolute Gasteiger partial charge is 0.245 e. The molecule has 1 aliphatic carbocycles. The Hall–Kier alpha value is -1.09. The van der Waals surface area contributed by atoms with E-state index in [4.69, 9.17) is 5.84 Å². The van der Waals surface area contributed by atoms with Gasteiger partial charge in [0.25, 0.3) is 0 Å². The number of hydrogen-bond donors (Lipinski definition) is 2. The predicted octanol–water partition coefficient (Wildman–Crippen LogP) is 2.37. The average molecular weight is 183 g/mol. The van der Waals surface area contributed by atoms with Crippen molar-refractivity contribution in [3.05, 3.63) is 24.3 Å². The molecule has 0 radical (unpaired) electrons. The molecule has 0 amide bonds. The first-order valence-electron chi connectivity index (χ1n) is 4.79. The second-order valence-corrected chi connectivity index (χ2v) is 1.72. The second kappa shape index (κ2) is 13.5. The first-order valence-corrected chi connectivity index (χ1v) is 4.79. The molecular formula is C10H21N3. The Morgan fingerprint density at radius 2 is 1.85 bits per heavy atom. The van der Waals surface area contributed by atoms with Gasteiger partial charge in [-0.15, -0.1) is 0 Å². The van der Waals surface area contributed by atoms with Crippen molar-refractivity contribution in [2.75, 3.05) is 0 Å². The highest BCUT2D eigenvalue weighted by atomic mass is 15.5. The predicted molar refractivity (Wildman–Crippen MR) is 60.4 cm³/mol. The van der Waals surface area contributed by atoms with Gasteiger partial charge in [0, 0.05) is 6.42 Å². The van der Waals surface area contributed by atoms with E-state index >= 15 is 0 Å². The zero-order valence-electron chi connectivity index (χ0n) is 9.04. The fraction of sp³-hybridized carbons (Fsp3) is 0.500. The fourth-order valence-corrected chi connectivity index (χ4v) is 0.668. The molecule has 76 valence electrons.